The van der Waals surface area contributed by atoms with E-state index < -0.39 is 18.9 Å². The number of rotatable bonds is 7. The lowest BCUT2D eigenvalue weighted by molar-refractivity contribution is 0.0525. The van der Waals surface area contributed by atoms with Gasteiger partial charge in [-0.1, -0.05) is 12.7 Å². The smallest absolute Gasteiger partial charge is 0.363 e. The quantitative estimate of drug-likeness (QED) is 0.261. The molecule has 1 aromatic heterocycles. The highest BCUT2D eigenvalue weighted by Crippen LogP contribution is 2.52. The van der Waals surface area contributed by atoms with Crippen LogP contribution in [0.4, 0.5) is 0 Å². The molecular formula is C12H15O7P. The number of esters is 1. The Balaban J connectivity index is 3.19. The van der Waals surface area contributed by atoms with Gasteiger partial charge in [-0.3, -0.25) is 4.57 Å². The average Bonchev–Trinajstić information content (AvgIpc) is 2.82. The molecular weight excluding hydrogens is 287 g/mol. The molecule has 0 aliphatic rings. The number of ether oxygens (including phenoxy) is 2. The van der Waals surface area contributed by atoms with Crippen molar-refractivity contribution in [2.45, 2.75) is 6.92 Å². The molecule has 0 saturated carbocycles. The molecule has 20 heavy (non-hydrogen) atoms. The van der Waals surface area contributed by atoms with Crippen molar-refractivity contribution in [3.63, 3.8) is 0 Å². The Morgan fingerprint density at radius 1 is 1.55 bits per heavy atom. The van der Waals surface area contributed by atoms with Crippen LogP contribution in [-0.2, 0) is 14.0 Å². The van der Waals surface area contributed by atoms with E-state index in [0.717, 1.165) is 12.5 Å². The maximum Gasteiger partial charge on any atom is 0.363 e. The minimum absolute atomic E-state index is 0.0545. The van der Waals surface area contributed by atoms with Crippen molar-refractivity contribution in [2.24, 2.45) is 0 Å². The van der Waals surface area contributed by atoms with Crippen molar-refractivity contribution in [1.29, 1.82) is 0 Å². The fourth-order valence-electron chi connectivity index (χ4n) is 1.33. The first-order valence-corrected chi connectivity index (χ1v) is 7.26. The Bertz CT molecular complexity index is 552. The first-order chi connectivity index (χ1) is 9.41. The highest BCUT2D eigenvalue weighted by atomic mass is 31.2. The van der Waals surface area contributed by atoms with Gasteiger partial charge in [-0.15, -0.1) is 0 Å². The van der Waals surface area contributed by atoms with Gasteiger partial charge in [-0.05, 0) is 13.0 Å². The van der Waals surface area contributed by atoms with E-state index in [1.807, 2.05) is 0 Å². The fraction of sp³-hybridized carbons (Fsp3) is 0.250. The monoisotopic (exact) mass is 302 g/mol. The Kier molecular flexibility index (Phi) is 5.76. The number of carbonyl (C=O) groups excluding carboxylic acids is 1. The van der Waals surface area contributed by atoms with Gasteiger partial charge in [0.25, 0.3) is 0 Å². The first kappa shape index (κ1) is 16.2. The molecule has 0 atom stereocenters. The number of furan rings is 1. The van der Waals surface area contributed by atoms with Crippen LogP contribution in [0.15, 0.2) is 35.7 Å². The van der Waals surface area contributed by atoms with Crippen molar-refractivity contribution in [3.8, 4) is 0 Å². The molecule has 0 fully saturated rings. The van der Waals surface area contributed by atoms with Crippen molar-refractivity contribution in [1.82, 2.24) is 0 Å². The van der Waals surface area contributed by atoms with Gasteiger partial charge in [0.15, 0.2) is 5.76 Å². The van der Waals surface area contributed by atoms with E-state index in [4.69, 9.17) is 13.9 Å². The number of carbonyl (C=O) groups is 1. The van der Waals surface area contributed by atoms with E-state index in [0.29, 0.717) is 0 Å². The maximum atomic E-state index is 11.7. The molecule has 0 spiro atoms. The lowest BCUT2D eigenvalue weighted by atomic mass is 10.2. The zero-order valence-electron chi connectivity index (χ0n) is 10.8. The Morgan fingerprint density at radius 3 is 2.80 bits per heavy atom. The predicted octanol–water partition coefficient (Wildman–Crippen LogP) is 2.14. The van der Waals surface area contributed by atoms with Crippen LogP contribution in [0.1, 0.15) is 23.0 Å². The molecule has 8 heteroatoms. The molecule has 7 nitrogen and oxygen atoms in total. The third-order valence-electron chi connectivity index (χ3n) is 2.12. The van der Waals surface area contributed by atoms with Crippen LogP contribution in [-0.4, -0.2) is 29.0 Å². The molecule has 0 aliphatic heterocycles. The van der Waals surface area contributed by atoms with Crippen LogP contribution in [0.25, 0.3) is 5.31 Å². The van der Waals surface area contributed by atoms with E-state index in [9.17, 15) is 19.1 Å². The molecule has 1 heterocycles. The lowest BCUT2D eigenvalue weighted by Crippen LogP contribution is -2.06. The summed E-state index contributed by atoms with van der Waals surface area (Å²) in [5, 5.41) is -0.535. The first-order valence-electron chi connectivity index (χ1n) is 5.65. The topological polar surface area (TPSA) is 106 Å². The lowest BCUT2D eigenvalue weighted by Gasteiger charge is -2.09. The summed E-state index contributed by atoms with van der Waals surface area (Å²) in [4.78, 5) is 30.3. The van der Waals surface area contributed by atoms with Crippen molar-refractivity contribution in [3.05, 3.63) is 42.6 Å². The molecule has 0 aromatic carbocycles. The highest BCUT2D eigenvalue weighted by Gasteiger charge is 2.31. The summed E-state index contributed by atoms with van der Waals surface area (Å²) < 4.78 is 26.1. The zero-order valence-corrected chi connectivity index (χ0v) is 11.7. The molecule has 0 radical (unpaired) electrons. The van der Waals surface area contributed by atoms with Crippen LogP contribution in [0.3, 0.4) is 0 Å². The molecule has 1 rings (SSSR count). The molecule has 0 bridgehead atoms. The average molecular weight is 302 g/mol. The van der Waals surface area contributed by atoms with Crippen LogP contribution in [0.2, 0.25) is 0 Å². The third kappa shape index (κ3) is 4.09. The minimum Gasteiger partial charge on any atom is -0.496 e. The largest absolute Gasteiger partial charge is 0.496 e. The molecule has 2 N–H and O–H groups in total. The predicted molar refractivity (Wildman–Crippen MR) is 70.8 cm³/mol. The van der Waals surface area contributed by atoms with E-state index >= 15 is 0 Å². The molecule has 0 saturated heterocycles. The van der Waals surface area contributed by atoms with Crippen molar-refractivity contribution < 1.29 is 33.0 Å². The van der Waals surface area contributed by atoms with Gasteiger partial charge < -0.3 is 23.7 Å². The molecule has 0 unspecified atom stereocenters. The molecule has 110 valence electrons. The Morgan fingerprint density at radius 2 is 2.25 bits per heavy atom. The highest BCUT2D eigenvalue weighted by molar-refractivity contribution is 7.63. The van der Waals surface area contributed by atoms with E-state index in [1.165, 1.54) is 12.1 Å². The van der Waals surface area contributed by atoms with Gasteiger partial charge in [0.1, 0.15) is 23.7 Å². The second-order valence-corrected chi connectivity index (χ2v) is 5.12. The summed E-state index contributed by atoms with van der Waals surface area (Å²) in [6.07, 6.45) is 3.39. The number of hydrogen-bond acceptors (Lipinski definition) is 5. The minimum atomic E-state index is -4.69. The molecule has 0 amide bonds. The summed E-state index contributed by atoms with van der Waals surface area (Å²) in [6.45, 7) is 5.21. The van der Waals surface area contributed by atoms with Crippen LogP contribution in [0.5, 0.6) is 0 Å². The summed E-state index contributed by atoms with van der Waals surface area (Å²) in [5.74, 6) is -1.01. The third-order valence-corrected chi connectivity index (χ3v) is 3.05. The summed E-state index contributed by atoms with van der Waals surface area (Å²) in [6, 6.07) is 1.27. The van der Waals surface area contributed by atoms with Crippen LogP contribution >= 0.6 is 7.60 Å². The van der Waals surface area contributed by atoms with Crippen LogP contribution < -0.4 is 0 Å². The van der Waals surface area contributed by atoms with E-state index in [-0.39, 0.29) is 24.5 Å². The van der Waals surface area contributed by atoms with Gasteiger partial charge in [0.05, 0.1) is 12.9 Å². The normalized spacial score (nSPS) is 12.1. The summed E-state index contributed by atoms with van der Waals surface area (Å²) >= 11 is 0. The maximum absolute atomic E-state index is 11.7. The Labute approximate surface area is 115 Å². The summed E-state index contributed by atoms with van der Waals surface area (Å²) in [7, 11) is -4.69. The standard InChI is InChI=1S/C12H15O7P/c1-3-6-17-8-10(20(14,15)16)11-9(5-7-19-11)12(13)18-4-2/h3,5,7-8H,1,4,6H2,2H3,(H2,14,15,16)/b10-8-. The van der Waals surface area contributed by atoms with Gasteiger partial charge in [0.2, 0.25) is 0 Å². The molecule has 0 aliphatic carbocycles. The Hall–Kier alpha value is -1.82. The zero-order chi connectivity index (χ0) is 15.2. The van der Waals surface area contributed by atoms with Crippen molar-refractivity contribution >= 4 is 18.9 Å². The van der Waals surface area contributed by atoms with Crippen molar-refractivity contribution in [2.75, 3.05) is 13.2 Å². The van der Waals surface area contributed by atoms with Gasteiger partial charge in [-0.25, -0.2) is 4.79 Å². The van der Waals surface area contributed by atoms with Crippen LogP contribution in [0, 0.1) is 0 Å². The van der Waals surface area contributed by atoms with Gasteiger partial charge >= 0.3 is 13.6 Å². The SMILES string of the molecule is C=CCO/C=C(/c1occc1C(=O)OCC)P(=O)(O)O. The van der Waals surface area contributed by atoms with E-state index in [2.05, 4.69) is 6.58 Å². The van der Waals surface area contributed by atoms with Gasteiger partial charge in [0, 0.05) is 0 Å². The number of hydrogen-bond donors (Lipinski definition) is 2. The molecule has 1 aromatic rings. The van der Waals surface area contributed by atoms with E-state index in [1.54, 1.807) is 6.92 Å². The summed E-state index contributed by atoms with van der Waals surface area (Å²) in [5.41, 5.74) is -0.0800. The van der Waals surface area contributed by atoms with Gasteiger partial charge in [-0.2, -0.15) is 0 Å². The second kappa shape index (κ2) is 7.09. The fourth-order valence-corrected chi connectivity index (χ4v) is 1.98. The second-order valence-electron chi connectivity index (χ2n) is 3.55.